The average molecular weight is 262 g/mol. The van der Waals surface area contributed by atoms with Crippen LogP contribution in [0.25, 0.3) is 0 Å². The van der Waals surface area contributed by atoms with E-state index in [1.165, 1.54) is 22.3 Å². The molecule has 0 N–H and O–H groups in total. The van der Waals surface area contributed by atoms with E-state index in [1.807, 2.05) is 18.2 Å². The van der Waals surface area contributed by atoms with Crippen LogP contribution in [0.2, 0.25) is 0 Å². The monoisotopic (exact) mass is 262 g/mol. The van der Waals surface area contributed by atoms with E-state index in [0.29, 0.717) is 0 Å². The standard InChI is InChI=1S/C18H18N2/c1-14-4-2-7-17-13-20(9-8-18(14)17)12-16-6-3-5-15(10-16)11-19/h2-7,10H,8-9,12-13H2,1H3. The van der Waals surface area contributed by atoms with Gasteiger partial charge in [-0.25, -0.2) is 0 Å². The number of nitrogens with zero attached hydrogens (tertiary/aromatic N) is 2. The minimum atomic E-state index is 0.746. The maximum atomic E-state index is 8.96. The van der Waals surface area contributed by atoms with Crippen LogP contribution >= 0.6 is 0 Å². The molecule has 2 nitrogen and oxygen atoms in total. The molecule has 1 heterocycles. The van der Waals surface area contributed by atoms with Crippen molar-refractivity contribution < 1.29 is 0 Å². The summed E-state index contributed by atoms with van der Waals surface area (Å²) in [5.41, 5.74) is 6.35. The number of rotatable bonds is 2. The number of nitriles is 1. The minimum absolute atomic E-state index is 0.746. The number of fused-ring (bicyclic) bond motifs is 1. The molecule has 0 spiro atoms. The van der Waals surface area contributed by atoms with Gasteiger partial charge in [0.15, 0.2) is 0 Å². The SMILES string of the molecule is Cc1cccc2c1CCN(Cc1cccc(C#N)c1)C2. The molecule has 0 saturated heterocycles. The minimum Gasteiger partial charge on any atom is -0.294 e. The molecule has 0 atom stereocenters. The molecular weight excluding hydrogens is 244 g/mol. The molecule has 20 heavy (non-hydrogen) atoms. The molecule has 0 saturated carbocycles. The smallest absolute Gasteiger partial charge is 0.0991 e. The van der Waals surface area contributed by atoms with Crippen molar-refractivity contribution >= 4 is 0 Å². The lowest BCUT2D eigenvalue weighted by molar-refractivity contribution is 0.245. The largest absolute Gasteiger partial charge is 0.294 e. The summed E-state index contributed by atoms with van der Waals surface area (Å²) in [5.74, 6) is 0. The Morgan fingerprint density at radius 1 is 1.20 bits per heavy atom. The van der Waals surface area contributed by atoms with Gasteiger partial charge in [-0.1, -0.05) is 30.3 Å². The van der Waals surface area contributed by atoms with Gasteiger partial charge in [-0.15, -0.1) is 0 Å². The topological polar surface area (TPSA) is 27.0 Å². The first-order valence-electron chi connectivity index (χ1n) is 7.05. The Kier molecular flexibility index (Phi) is 3.54. The van der Waals surface area contributed by atoms with Gasteiger partial charge in [0.05, 0.1) is 11.6 Å². The number of aryl methyl sites for hydroxylation is 1. The first-order valence-corrected chi connectivity index (χ1v) is 7.05. The number of hydrogen-bond donors (Lipinski definition) is 0. The lowest BCUT2D eigenvalue weighted by Gasteiger charge is -2.29. The summed E-state index contributed by atoms with van der Waals surface area (Å²) < 4.78 is 0. The molecule has 3 rings (SSSR count). The highest BCUT2D eigenvalue weighted by Crippen LogP contribution is 2.23. The quantitative estimate of drug-likeness (QED) is 0.829. The Balaban J connectivity index is 1.76. The van der Waals surface area contributed by atoms with Crippen LogP contribution in [0, 0.1) is 18.3 Å². The van der Waals surface area contributed by atoms with E-state index >= 15 is 0 Å². The highest BCUT2D eigenvalue weighted by Gasteiger charge is 2.17. The van der Waals surface area contributed by atoms with Crippen molar-refractivity contribution in [3.8, 4) is 6.07 Å². The third-order valence-corrected chi connectivity index (χ3v) is 4.04. The van der Waals surface area contributed by atoms with Crippen molar-refractivity contribution in [2.24, 2.45) is 0 Å². The normalized spacial score (nSPS) is 14.6. The van der Waals surface area contributed by atoms with E-state index in [1.54, 1.807) is 0 Å². The summed E-state index contributed by atoms with van der Waals surface area (Å²) in [4.78, 5) is 2.46. The highest BCUT2D eigenvalue weighted by atomic mass is 15.1. The summed E-state index contributed by atoms with van der Waals surface area (Å²) in [6.45, 7) is 5.22. The van der Waals surface area contributed by atoms with Crippen LogP contribution < -0.4 is 0 Å². The molecule has 0 bridgehead atoms. The van der Waals surface area contributed by atoms with E-state index in [0.717, 1.165) is 31.6 Å². The van der Waals surface area contributed by atoms with Crippen molar-refractivity contribution in [2.75, 3.05) is 6.54 Å². The fourth-order valence-electron chi connectivity index (χ4n) is 2.99. The summed E-state index contributed by atoms with van der Waals surface area (Å²) in [7, 11) is 0. The third-order valence-electron chi connectivity index (χ3n) is 4.04. The van der Waals surface area contributed by atoms with Crippen LogP contribution in [0.4, 0.5) is 0 Å². The van der Waals surface area contributed by atoms with E-state index in [9.17, 15) is 0 Å². The highest BCUT2D eigenvalue weighted by molar-refractivity contribution is 5.37. The van der Waals surface area contributed by atoms with Crippen molar-refractivity contribution in [1.82, 2.24) is 4.90 Å². The van der Waals surface area contributed by atoms with Gasteiger partial charge in [-0.2, -0.15) is 5.26 Å². The van der Waals surface area contributed by atoms with E-state index in [-0.39, 0.29) is 0 Å². The van der Waals surface area contributed by atoms with E-state index < -0.39 is 0 Å². The predicted octanol–water partition coefficient (Wildman–Crippen LogP) is 3.43. The zero-order chi connectivity index (χ0) is 13.9. The summed E-state index contributed by atoms with van der Waals surface area (Å²) in [5, 5.41) is 8.96. The maximum absolute atomic E-state index is 8.96. The molecule has 2 aromatic carbocycles. The molecule has 0 unspecified atom stereocenters. The molecule has 0 radical (unpaired) electrons. The second-order valence-electron chi connectivity index (χ2n) is 5.49. The number of benzene rings is 2. The van der Waals surface area contributed by atoms with Gasteiger partial charge < -0.3 is 0 Å². The average Bonchev–Trinajstić information content (AvgIpc) is 2.47. The van der Waals surface area contributed by atoms with Crippen LogP contribution in [-0.4, -0.2) is 11.4 Å². The predicted molar refractivity (Wildman–Crippen MR) is 80.2 cm³/mol. The van der Waals surface area contributed by atoms with Gasteiger partial charge in [0.1, 0.15) is 0 Å². The molecule has 2 heteroatoms. The summed E-state index contributed by atoms with van der Waals surface area (Å²) in [6.07, 6.45) is 1.12. The zero-order valence-corrected chi connectivity index (χ0v) is 11.8. The molecule has 0 amide bonds. The Hall–Kier alpha value is -2.11. The molecular formula is C18H18N2. The maximum Gasteiger partial charge on any atom is 0.0991 e. The molecule has 0 fully saturated rings. The Bertz CT molecular complexity index is 667. The third kappa shape index (κ3) is 2.59. The lowest BCUT2D eigenvalue weighted by atomic mass is 9.95. The second kappa shape index (κ2) is 5.48. The van der Waals surface area contributed by atoms with Crippen LogP contribution in [0.3, 0.4) is 0 Å². The van der Waals surface area contributed by atoms with Gasteiger partial charge in [0.2, 0.25) is 0 Å². The Labute approximate surface area is 120 Å². The van der Waals surface area contributed by atoms with Gasteiger partial charge in [0.25, 0.3) is 0 Å². The van der Waals surface area contributed by atoms with Gasteiger partial charge in [0, 0.05) is 19.6 Å². The Morgan fingerprint density at radius 2 is 2.05 bits per heavy atom. The molecule has 1 aliphatic heterocycles. The fraction of sp³-hybridized carbons (Fsp3) is 0.278. The lowest BCUT2D eigenvalue weighted by Crippen LogP contribution is -2.30. The van der Waals surface area contributed by atoms with Crippen molar-refractivity contribution in [3.05, 3.63) is 70.3 Å². The van der Waals surface area contributed by atoms with Gasteiger partial charge in [-0.3, -0.25) is 4.90 Å². The van der Waals surface area contributed by atoms with Crippen LogP contribution in [0.5, 0.6) is 0 Å². The fourth-order valence-corrected chi connectivity index (χ4v) is 2.99. The first kappa shape index (κ1) is 12.9. The first-order chi connectivity index (χ1) is 9.76. The molecule has 1 aliphatic rings. The van der Waals surface area contributed by atoms with Crippen molar-refractivity contribution in [2.45, 2.75) is 26.4 Å². The van der Waals surface area contributed by atoms with E-state index in [4.69, 9.17) is 5.26 Å². The van der Waals surface area contributed by atoms with E-state index in [2.05, 4.69) is 42.2 Å². The number of hydrogen-bond acceptors (Lipinski definition) is 2. The zero-order valence-electron chi connectivity index (χ0n) is 11.8. The molecule has 0 aromatic heterocycles. The Morgan fingerprint density at radius 3 is 2.90 bits per heavy atom. The van der Waals surface area contributed by atoms with Gasteiger partial charge in [-0.05, 0) is 47.7 Å². The van der Waals surface area contributed by atoms with Crippen LogP contribution in [-0.2, 0) is 19.5 Å². The van der Waals surface area contributed by atoms with Crippen molar-refractivity contribution in [3.63, 3.8) is 0 Å². The van der Waals surface area contributed by atoms with Crippen LogP contribution in [0.1, 0.15) is 27.8 Å². The molecule has 100 valence electrons. The summed E-state index contributed by atoms with van der Waals surface area (Å²) in [6, 6.07) is 16.7. The molecule has 0 aliphatic carbocycles. The second-order valence-corrected chi connectivity index (χ2v) is 5.49. The van der Waals surface area contributed by atoms with Crippen LogP contribution in [0.15, 0.2) is 42.5 Å². The van der Waals surface area contributed by atoms with Crippen molar-refractivity contribution in [1.29, 1.82) is 5.26 Å². The molecule has 2 aromatic rings. The van der Waals surface area contributed by atoms with Gasteiger partial charge >= 0.3 is 0 Å². The summed E-state index contributed by atoms with van der Waals surface area (Å²) >= 11 is 0.